The van der Waals surface area contributed by atoms with Crippen LogP contribution in [0.5, 0.6) is 0 Å². The average molecular weight is 319 g/mol. The topological polar surface area (TPSA) is 76.0 Å². The first-order valence-corrected chi connectivity index (χ1v) is 8.29. The number of β-amino-alcohol motifs (C(OH)–C–C–N with tert-alkyl or cyclic N) is 2. The summed E-state index contributed by atoms with van der Waals surface area (Å²) >= 11 is 0. The van der Waals surface area contributed by atoms with Crippen molar-refractivity contribution in [2.24, 2.45) is 0 Å². The Bertz CT molecular complexity index is 517. The molecule has 0 bridgehead atoms. The Labute approximate surface area is 136 Å². The van der Waals surface area contributed by atoms with Crippen molar-refractivity contribution in [2.75, 3.05) is 39.3 Å². The molecule has 3 unspecified atom stereocenters. The lowest BCUT2D eigenvalue weighted by Crippen LogP contribution is -2.53. The fourth-order valence-corrected chi connectivity index (χ4v) is 3.30. The lowest BCUT2D eigenvalue weighted by molar-refractivity contribution is -0.135. The molecule has 2 saturated heterocycles. The number of hydrogen-bond donors (Lipinski definition) is 3. The molecule has 0 aliphatic carbocycles. The molecule has 126 valence electrons. The van der Waals surface area contributed by atoms with Gasteiger partial charge in [0.1, 0.15) is 0 Å². The Morgan fingerprint density at radius 1 is 1.22 bits per heavy atom. The lowest BCUT2D eigenvalue weighted by Gasteiger charge is -2.36. The number of aliphatic hydroxyl groups excluding tert-OH is 2. The van der Waals surface area contributed by atoms with Gasteiger partial charge in [-0.25, -0.2) is 0 Å². The van der Waals surface area contributed by atoms with Crippen molar-refractivity contribution in [3.8, 4) is 0 Å². The van der Waals surface area contributed by atoms with Gasteiger partial charge in [-0.1, -0.05) is 30.3 Å². The second-order valence-electron chi connectivity index (χ2n) is 6.40. The number of amides is 1. The van der Waals surface area contributed by atoms with E-state index in [2.05, 4.69) is 10.2 Å². The molecular weight excluding hydrogens is 294 g/mol. The third-order valence-electron chi connectivity index (χ3n) is 4.71. The van der Waals surface area contributed by atoms with Crippen molar-refractivity contribution >= 4 is 5.91 Å². The van der Waals surface area contributed by atoms with E-state index < -0.39 is 12.2 Å². The average Bonchev–Trinajstić information content (AvgIpc) is 3.02. The second kappa shape index (κ2) is 7.40. The molecule has 2 heterocycles. The van der Waals surface area contributed by atoms with Crippen LogP contribution in [0.1, 0.15) is 18.1 Å². The molecule has 1 amide bonds. The molecule has 6 heteroatoms. The largest absolute Gasteiger partial charge is 0.392 e. The van der Waals surface area contributed by atoms with E-state index in [1.165, 1.54) is 0 Å². The van der Waals surface area contributed by atoms with Crippen LogP contribution in [-0.2, 0) is 4.79 Å². The minimum Gasteiger partial charge on any atom is -0.392 e. The Morgan fingerprint density at radius 2 is 1.91 bits per heavy atom. The number of carbonyl (C=O) groups is 1. The first-order valence-electron chi connectivity index (χ1n) is 8.29. The highest BCUT2D eigenvalue weighted by Crippen LogP contribution is 2.16. The molecule has 0 radical (unpaired) electrons. The summed E-state index contributed by atoms with van der Waals surface area (Å²) in [6.07, 6.45) is -0.400. The molecule has 2 aliphatic heterocycles. The third kappa shape index (κ3) is 4.09. The maximum absolute atomic E-state index is 12.4. The Balaban J connectivity index is 1.46. The lowest BCUT2D eigenvalue weighted by atomic mass is 10.1. The molecule has 23 heavy (non-hydrogen) atoms. The minimum atomic E-state index is -0.495. The van der Waals surface area contributed by atoms with E-state index in [1.807, 2.05) is 35.2 Å². The van der Waals surface area contributed by atoms with Crippen LogP contribution in [0, 0.1) is 0 Å². The van der Waals surface area contributed by atoms with Crippen LogP contribution in [0.4, 0.5) is 0 Å². The molecular formula is C17H25N3O3. The van der Waals surface area contributed by atoms with Crippen molar-refractivity contribution in [3.05, 3.63) is 35.9 Å². The fraction of sp³-hybridized carbons (Fsp3) is 0.588. The number of rotatable bonds is 4. The van der Waals surface area contributed by atoms with Crippen molar-refractivity contribution < 1.29 is 15.0 Å². The first-order chi connectivity index (χ1) is 11.1. The van der Waals surface area contributed by atoms with E-state index in [1.54, 1.807) is 0 Å². The molecule has 6 nitrogen and oxygen atoms in total. The zero-order valence-corrected chi connectivity index (χ0v) is 13.3. The van der Waals surface area contributed by atoms with Crippen molar-refractivity contribution in [2.45, 2.75) is 24.7 Å². The third-order valence-corrected chi connectivity index (χ3v) is 4.71. The number of nitrogens with one attached hydrogen (secondary N) is 1. The summed E-state index contributed by atoms with van der Waals surface area (Å²) < 4.78 is 0. The van der Waals surface area contributed by atoms with Crippen LogP contribution in [0.2, 0.25) is 0 Å². The molecule has 3 N–H and O–H groups in total. The van der Waals surface area contributed by atoms with Gasteiger partial charge in [-0.3, -0.25) is 9.69 Å². The van der Waals surface area contributed by atoms with Crippen LogP contribution in [-0.4, -0.2) is 77.3 Å². The summed E-state index contributed by atoms with van der Waals surface area (Å²) in [7, 11) is 0. The van der Waals surface area contributed by atoms with Gasteiger partial charge in [-0.05, 0) is 12.0 Å². The van der Waals surface area contributed by atoms with Crippen LogP contribution >= 0.6 is 0 Å². The highest BCUT2D eigenvalue weighted by Gasteiger charge is 2.32. The highest BCUT2D eigenvalue weighted by molar-refractivity contribution is 5.82. The Hall–Kier alpha value is -1.47. The number of benzene rings is 1. The molecule has 2 fully saturated rings. The van der Waals surface area contributed by atoms with E-state index in [0.717, 1.165) is 18.7 Å². The Morgan fingerprint density at radius 3 is 2.52 bits per heavy atom. The van der Waals surface area contributed by atoms with Gasteiger partial charge in [0.2, 0.25) is 5.91 Å². The number of nitrogens with zero attached hydrogens (tertiary/aromatic N) is 2. The highest BCUT2D eigenvalue weighted by atomic mass is 16.3. The molecule has 0 spiro atoms. The van der Waals surface area contributed by atoms with Crippen LogP contribution in [0.3, 0.4) is 0 Å². The van der Waals surface area contributed by atoms with Gasteiger partial charge in [0.05, 0.1) is 18.2 Å². The number of aliphatic hydroxyl groups is 2. The van der Waals surface area contributed by atoms with Gasteiger partial charge >= 0.3 is 0 Å². The first kappa shape index (κ1) is 16.4. The number of hydrogen-bond acceptors (Lipinski definition) is 5. The second-order valence-corrected chi connectivity index (χ2v) is 6.40. The van der Waals surface area contributed by atoms with Gasteiger partial charge in [-0.2, -0.15) is 0 Å². The van der Waals surface area contributed by atoms with E-state index >= 15 is 0 Å². The summed E-state index contributed by atoms with van der Waals surface area (Å²) in [6, 6.07) is 9.42. The normalized spacial score (nSPS) is 27.1. The quantitative estimate of drug-likeness (QED) is 0.703. The molecule has 1 aromatic carbocycles. The summed E-state index contributed by atoms with van der Waals surface area (Å²) in [5.41, 5.74) is 0.926. The predicted octanol–water partition coefficient (Wildman–Crippen LogP) is -0.413. The molecule has 2 aliphatic rings. The van der Waals surface area contributed by atoms with Gasteiger partial charge in [0.25, 0.3) is 0 Å². The van der Waals surface area contributed by atoms with Gasteiger partial charge in [0.15, 0.2) is 0 Å². The minimum absolute atomic E-state index is 0.0878. The SMILES string of the molecule is O=C(C1CC(O)CN1)N1CCN(CC(O)c2ccccc2)CC1. The summed E-state index contributed by atoms with van der Waals surface area (Å²) in [6.45, 7) is 3.98. The van der Waals surface area contributed by atoms with Crippen molar-refractivity contribution in [1.29, 1.82) is 0 Å². The zero-order valence-electron chi connectivity index (χ0n) is 13.3. The van der Waals surface area contributed by atoms with Crippen LogP contribution in [0.15, 0.2) is 30.3 Å². The van der Waals surface area contributed by atoms with E-state index in [-0.39, 0.29) is 11.9 Å². The molecule has 3 atom stereocenters. The van der Waals surface area contributed by atoms with E-state index in [4.69, 9.17) is 0 Å². The number of carbonyl (C=O) groups excluding carboxylic acids is 1. The summed E-state index contributed by atoms with van der Waals surface area (Å²) in [5, 5.41) is 22.9. The van der Waals surface area contributed by atoms with Gasteiger partial charge in [0, 0.05) is 39.3 Å². The van der Waals surface area contributed by atoms with Crippen molar-refractivity contribution in [1.82, 2.24) is 15.1 Å². The number of piperazine rings is 1. The summed E-state index contributed by atoms with van der Waals surface area (Å²) in [5.74, 6) is 0.0878. The molecule has 3 rings (SSSR count). The van der Waals surface area contributed by atoms with E-state index in [0.29, 0.717) is 32.6 Å². The molecule has 0 aromatic heterocycles. The predicted molar refractivity (Wildman–Crippen MR) is 86.8 cm³/mol. The Kier molecular flexibility index (Phi) is 5.27. The van der Waals surface area contributed by atoms with Gasteiger partial charge < -0.3 is 20.4 Å². The monoisotopic (exact) mass is 319 g/mol. The van der Waals surface area contributed by atoms with Crippen LogP contribution < -0.4 is 5.32 Å². The zero-order chi connectivity index (χ0) is 16.2. The molecule has 0 saturated carbocycles. The van der Waals surface area contributed by atoms with E-state index in [9.17, 15) is 15.0 Å². The van der Waals surface area contributed by atoms with Crippen molar-refractivity contribution in [3.63, 3.8) is 0 Å². The standard InChI is InChI=1S/C17H25N3O3/c21-14-10-15(18-11-14)17(23)20-8-6-19(7-9-20)12-16(22)13-4-2-1-3-5-13/h1-5,14-16,18,21-22H,6-12H2. The fourth-order valence-electron chi connectivity index (χ4n) is 3.30. The van der Waals surface area contributed by atoms with Gasteiger partial charge in [-0.15, -0.1) is 0 Å². The molecule has 1 aromatic rings. The van der Waals surface area contributed by atoms with Crippen LogP contribution in [0.25, 0.3) is 0 Å². The maximum atomic E-state index is 12.4. The maximum Gasteiger partial charge on any atom is 0.239 e. The summed E-state index contributed by atoms with van der Waals surface area (Å²) in [4.78, 5) is 16.4. The smallest absolute Gasteiger partial charge is 0.239 e.